The first kappa shape index (κ1) is 14.3. The van der Waals surface area contributed by atoms with Crippen molar-refractivity contribution < 1.29 is 4.39 Å². The zero-order chi connectivity index (χ0) is 15.0. The van der Waals surface area contributed by atoms with Crippen LogP contribution in [0.25, 0.3) is 10.8 Å². The number of benzene rings is 3. The van der Waals surface area contributed by atoms with Gasteiger partial charge in [-0.25, -0.2) is 4.39 Å². The molecule has 3 rings (SSSR count). The highest BCUT2D eigenvalue weighted by molar-refractivity contribution is 9.09. The molecule has 0 fully saturated rings. The minimum atomic E-state index is -0.172. The van der Waals surface area contributed by atoms with Crippen LogP contribution in [0.15, 0.2) is 54.6 Å². The van der Waals surface area contributed by atoms with Crippen molar-refractivity contribution >= 4 is 26.7 Å². The van der Waals surface area contributed by atoms with Gasteiger partial charge in [0.2, 0.25) is 0 Å². The van der Waals surface area contributed by atoms with E-state index in [4.69, 9.17) is 0 Å². The summed E-state index contributed by atoms with van der Waals surface area (Å²) in [5.41, 5.74) is 4.81. The molecule has 0 N–H and O–H groups in total. The van der Waals surface area contributed by atoms with E-state index in [1.54, 1.807) is 6.07 Å². The van der Waals surface area contributed by atoms with Crippen LogP contribution in [-0.4, -0.2) is 0 Å². The zero-order valence-corrected chi connectivity index (χ0v) is 13.6. The summed E-state index contributed by atoms with van der Waals surface area (Å²) in [6.07, 6.45) is 0. The first-order chi connectivity index (χ1) is 10.1. The fourth-order valence-electron chi connectivity index (χ4n) is 2.78. The Morgan fingerprint density at radius 2 is 1.52 bits per heavy atom. The van der Waals surface area contributed by atoms with E-state index in [-0.39, 0.29) is 10.6 Å². The molecule has 0 saturated carbocycles. The van der Waals surface area contributed by atoms with Gasteiger partial charge in [-0.3, -0.25) is 0 Å². The number of aryl methyl sites for hydroxylation is 2. The maximum absolute atomic E-state index is 13.9. The summed E-state index contributed by atoms with van der Waals surface area (Å²) in [6.45, 7) is 4.20. The Kier molecular flexibility index (Phi) is 3.81. The lowest BCUT2D eigenvalue weighted by molar-refractivity contribution is 0.639. The van der Waals surface area contributed by atoms with Gasteiger partial charge < -0.3 is 0 Å². The first-order valence-electron chi connectivity index (χ1n) is 6.96. The molecule has 0 aliphatic heterocycles. The summed E-state index contributed by atoms with van der Waals surface area (Å²) in [5, 5.41) is 1.63. The largest absolute Gasteiger partial charge is 0.206 e. The lowest BCUT2D eigenvalue weighted by atomic mass is 9.95. The molecule has 3 aromatic carbocycles. The fraction of sp³-hybridized carbons (Fsp3) is 0.158. The van der Waals surface area contributed by atoms with Crippen LogP contribution in [0.4, 0.5) is 4.39 Å². The van der Waals surface area contributed by atoms with Crippen molar-refractivity contribution in [2.75, 3.05) is 0 Å². The summed E-state index contributed by atoms with van der Waals surface area (Å²) in [5.74, 6) is -0.172. The van der Waals surface area contributed by atoms with Crippen molar-refractivity contribution in [3.05, 3.63) is 82.7 Å². The van der Waals surface area contributed by atoms with E-state index in [2.05, 4.69) is 48.0 Å². The molecule has 0 amide bonds. The standard InChI is InChI=1S/C19H16BrF/c1-12-7-8-14(13(2)11-12)19(20)17-9-10-18(21)16-6-4-3-5-15(16)17/h3-11,19H,1-2H3. The normalized spacial score (nSPS) is 12.6. The molecule has 0 aromatic heterocycles. The molecule has 0 nitrogen and oxygen atoms in total. The van der Waals surface area contributed by atoms with Crippen LogP contribution in [0.1, 0.15) is 27.1 Å². The number of hydrogen-bond donors (Lipinski definition) is 0. The Hall–Kier alpha value is -1.67. The summed E-state index contributed by atoms with van der Waals surface area (Å²) in [7, 11) is 0. The molecule has 3 aromatic rings. The van der Waals surface area contributed by atoms with E-state index in [1.807, 2.05) is 30.3 Å². The van der Waals surface area contributed by atoms with Gasteiger partial charge in [-0.05, 0) is 42.0 Å². The van der Waals surface area contributed by atoms with E-state index in [0.717, 1.165) is 10.9 Å². The number of alkyl halides is 1. The molecule has 106 valence electrons. The van der Waals surface area contributed by atoms with Crippen LogP contribution in [0.2, 0.25) is 0 Å². The van der Waals surface area contributed by atoms with Crippen LogP contribution >= 0.6 is 15.9 Å². The van der Waals surface area contributed by atoms with E-state index in [0.29, 0.717) is 5.39 Å². The molecular formula is C19H16BrF. The van der Waals surface area contributed by atoms with Crippen molar-refractivity contribution in [2.24, 2.45) is 0 Å². The number of hydrogen-bond acceptors (Lipinski definition) is 0. The van der Waals surface area contributed by atoms with Crippen molar-refractivity contribution in [1.29, 1.82) is 0 Å². The Bertz CT molecular complexity index is 808. The third-order valence-corrected chi connectivity index (χ3v) is 4.86. The fourth-order valence-corrected chi connectivity index (χ4v) is 3.70. The topological polar surface area (TPSA) is 0 Å². The summed E-state index contributed by atoms with van der Waals surface area (Å²) < 4.78 is 13.9. The average molecular weight is 343 g/mol. The van der Waals surface area contributed by atoms with E-state index < -0.39 is 0 Å². The maximum Gasteiger partial charge on any atom is 0.131 e. The average Bonchev–Trinajstić information content (AvgIpc) is 2.47. The third-order valence-electron chi connectivity index (χ3n) is 3.88. The molecule has 21 heavy (non-hydrogen) atoms. The van der Waals surface area contributed by atoms with Crippen LogP contribution in [-0.2, 0) is 0 Å². The van der Waals surface area contributed by atoms with Gasteiger partial charge in [0, 0.05) is 5.39 Å². The quantitative estimate of drug-likeness (QED) is 0.495. The van der Waals surface area contributed by atoms with Gasteiger partial charge in [0.05, 0.1) is 4.83 Å². The van der Waals surface area contributed by atoms with Gasteiger partial charge in [-0.2, -0.15) is 0 Å². The summed E-state index contributed by atoms with van der Waals surface area (Å²) in [4.78, 5) is 0.0589. The molecule has 1 unspecified atom stereocenters. The second kappa shape index (κ2) is 5.61. The van der Waals surface area contributed by atoms with Gasteiger partial charge >= 0.3 is 0 Å². The molecule has 0 saturated heterocycles. The molecule has 0 spiro atoms. The molecule has 0 radical (unpaired) electrons. The molecule has 0 aliphatic carbocycles. The van der Waals surface area contributed by atoms with Gasteiger partial charge in [0.25, 0.3) is 0 Å². The first-order valence-corrected chi connectivity index (χ1v) is 7.88. The summed E-state index contributed by atoms with van der Waals surface area (Å²) >= 11 is 3.79. The van der Waals surface area contributed by atoms with Crippen LogP contribution < -0.4 is 0 Å². The van der Waals surface area contributed by atoms with Gasteiger partial charge in [-0.1, -0.05) is 70.0 Å². The highest BCUT2D eigenvalue weighted by Gasteiger charge is 2.16. The van der Waals surface area contributed by atoms with E-state index >= 15 is 0 Å². The van der Waals surface area contributed by atoms with Crippen molar-refractivity contribution in [1.82, 2.24) is 0 Å². The highest BCUT2D eigenvalue weighted by atomic mass is 79.9. The minimum absolute atomic E-state index is 0.0589. The Labute approximate surface area is 132 Å². The SMILES string of the molecule is Cc1ccc(C(Br)c2ccc(F)c3ccccc23)c(C)c1. The number of halogens is 2. The second-order valence-electron chi connectivity index (χ2n) is 5.40. The van der Waals surface area contributed by atoms with E-state index in [9.17, 15) is 4.39 Å². The van der Waals surface area contributed by atoms with Crippen LogP contribution in [0.3, 0.4) is 0 Å². The van der Waals surface area contributed by atoms with Crippen molar-refractivity contribution in [3.63, 3.8) is 0 Å². The monoisotopic (exact) mass is 342 g/mol. The number of fused-ring (bicyclic) bond motifs is 1. The number of rotatable bonds is 2. The predicted octanol–water partition coefficient (Wildman–Crippen LogP) is 6.08. The van der Waals surface area contributed by atoms with Gasteiger partial charge in [0.1, 0.15) is 5.82 Å². The Morgan fingerprint density at radius 1 is 0.857 bits per heavy atom. The molecule has 1 atom stereocenters. The molecule has 0 aliphatic rings. The van der Waals surface area contributed by atoms with Gasteiger partial charge in [-0.15, -0.1) is 0 Å². The Balaban J connectivity index is 2.18. The van der Waals surface area contributed by atoms with Gasteiger partial charge in [0.15, 0.2) is 0 Å². The van der Waals surface area contributed by atoms with E-state index in [1.165, 1.54) is 16.7 Å². The zero-order valence-electron chi connectivity index (χ0n) is 12.0. The predicted molar refractivity (Wildman–Crippen MR) is 90.6 cm³/mol. The third kappa shape index (κ3) is 2.60. The minimum Gasteiger partial charge on any atom is -0.206 e. The van der Waals surface area contributed by atoms with Crippen molar-refractivity contribution in [3.8, 4) is 0 Å². The Morgan fingerprint density at radius 3 is 2.24 bits per heavy atom. The molecule has 0 heterocycles. The van der Waals surface area contributed by atoms with Crippen molar-refractivity contribution in [2.45, 2.75) is 18.7 Å². The van der Waals surface area contributed by atoms with Crippen LogP contribution in [0.5, 0.6) is 0 Å². The maximum atomic E-state index is 13.9. The lowest BCUT2D eigenvalue weighted by Crippen LogP contribution is -1.98. The van der Waals surface area contributed by atoms with Crippen LogP contribution in [0, 0.1) is 19.7 Å². The second-order valence-corrected chi connectivity index (χ2v) is 6.32. The summed E-state index contributed by atoms with van der Waals surface area (Å²) in [6, 6.07) is 17.5. The molecule has 2 heteroatoms. The highest BCUT2D eigenvalue weighted by Crippen LogP contribution is 2.37. The lowest BCUT2D eigenvalue weighted by Gasteiger charge is -2.17. The smallest absolute Gasteiger partial charge is 0.131 e. The molecular weight excluding hydrogens is 327 g/mol. The molecule has 0 bridgehead atoms.